The Morgan fingerprint density at radius 2 is 1.69 bits per heavy atom. The van der Waals surface area contributed by atoms with Crippen molar-refractivity contribution in [1.82, 2.24) is 39.0 Å². The van der Waals surface area contributed by atoms with Gasteiger partial charge in [-0.05, 0) is 0 Å². The van der Waals surface area contributed by atoms with Gasteiger partial charge >= 0.3 is 7.60 Å². The number of aliphatic hydroxyl groups is 2. The smallest absolute Gasteiger partial charge is 0.330 e. The maximum Gasteiger partial charge on any atom is 0.330 e. The normalized spacial score (nSPS) is 24.0. The molecule has 192 valence electrons. The predicted molar refractivity (Wildman–Crippen MR) is 122 cm³/mol. The molecule has 7 N–H and O–H groups in total. The van der Waals surface area contributed by atoms with E-state index in [1.54, 1.807) is 4.57 Å². The lowest BCUT2D eigenvalue weighted by Crippen LogP contribution is -2.35. The Balaban J connectivity index is 1.22. The molecule has 0 spiro atoms. The molecule has 17 nitrogen and oxygen atoms in total. The fraction of sp³-hybridized carbons (Fsp3) is 0.444. The lowest BCUT2D eigenvalue weighted by atomic mass is 10.1. The Morgan fingerprint density at radius 3 is 2.42 bits per heavy atom. The van der Waals surface area contributed by atoms with E-state index >= 15 is 0 Å². The van der Waals surface area contributed by atoms with Gasteiger partial charge in [0.05, 0.1) is 32.0 Å². The summed E-state index contributed by atoms with van der Waals surface area (Å²) in [7, 11) is -4.27. The van der Waals surface area contributed by atoms with Gasteiger partial charge in [0.1, 0.15) is 48.7 Å². The van der Waals surface area contributed by atoms with Crippen molar-refractivity contribution < 1.29 is 33.7 Å². The molecular formula is C18H23N10O7P. The predicted octanol–water partition coefficient (Wildman–Crippen LogP) is -1.37. The van der Waals surface area contributed by atoms with Crippen LogP contribution in [0.4, 0.5) is 11.6 Å². The van der Waals surface area contributed by atoms with E-state index in [1.807, 2.05) is 0 Å². The summed E-state index contributed by atoms with van der Waals surface area (Å²) in [6.07, 6.45) is -0.0145. The maximum absolute atomic E-state index is 12.7. The number of anilines is 2. The molecule has 18 heteroatoms. The fourth-order valence-corrected chi connectivity index (χ4v) is 4.97. The summed E-state index contributed by atoms with van der Waals surface area (Å²) in [4.78, 5) is 34.5. The molecule has 0 saturated carbocycles. The van der Waals surface area contributed by atoms with Gasteiger partial charge in [0, 0.05) is 0 Å². The van der Waals surface area contributed by atoms with Crippen LogP contribution in [0.5, 0.6) is 0 Å². The maximum atomic E-state index is 12.7. The van der Waals surface area contributed by atoms with Crippen molar-refractivity contribution in [2.45, 2.75) is 31.3 Å². The van der Waals surface area contributed by atoms with E-state index in [9.17, 15) is 19.7 Å². The monoisotopic (exact) mass is 522 g/mol. The Hall–Kier alpha value is -3.31. The van der Waals surface area contributed by atoms with E-state index in [0.717, 1.165) is 0 Å². The molecule has 0 radical (unpaired) electrons. The molecule has 1 saturated heterocycles. The Labute approximate surface area is 202 Å². The highest BCUT2D eigenvalue weighted by Gasteiger charge is 2.48. The standard InChI is InChI=1S/C18H23N10O7P/c19-14-10-16(23-4-21-14)27(6-25-10)8-33-1-2-36(31,32)35-13-9(3-29)34-18(12(13)30)28-7-26-11-15(20)22-5-24-17(11)28/h4-7,9,12-13,18,29-30H,1-3,8H2,(H,31,32)(H2,19,21,23)(H2,20,22,24). The molecule has 0 aliphatic carbocycles. The first-order chi connectivity index (χ1) is 17.3. The van der Waals surface area contributed by atoms with Crippen LogP contribution in [0.15, 0.2) is 25.3 Å². The second kappa shape index (κ2) is 9.62. The van der Waals surface area contributed by atoms with Crippen LogP contribution in [0.1, 0.15) is 6.23 Å². The summed E-state index contributed by atoms with van der Waals surface area (Å²) in [5.41, 5.74) is 13.0. The molecule has 5 rings (SSSR count). The SMILES string of the molecule is Nc1ncnc2c1ncn2COCCP(=O)(O)OC1C(CO)OC(n2cnc3c(N)ncnc32)C1O. The first kappa shape index (κ1) is 24.4. The molecule has 1 aliphatic heterocycles. The number of aromatic nitrogens is 8. The van der Waals surface area contributed by atoms with Crippen molar-refractivity contribution in [2.75, 3.05) is 30.8 Å². The van der Waals surface area contributed by atoms with Crippen LogP contribution >= 0.6 is 7.60 Å². The number of rotatable bonds is 9. The number of fused-ring (bicyclic) bond motifs is 2. The zero-order chi connectivity index (χ0) is 25.4. The van der Waals surface area contributed by atoms with Crippen LogP contribution < -0.4 is 11.5 Å². The highest BCUT2D eigenvalue weighted by Crippen LogP contribution is 2.47. The average Bonchev–Trinajstić information content (AvgIpc) is 3.54. The van der Waals surface area contributed by atoms with E-state index in [4.69, 9.17) is 25.5 Å². The zero-order valence-electron chi connectivity index (χ0n) is 18.6. The van der Waals surface area contributed by atoms with Crippen molar-refractivity contribution in [2.24, 2.45) is 0 Å². The Bertz CT molecular complexity index is 1430. The van der Waals surface area contributed by atoms with Crippen LogP contribution in [0.2, 0.25) is 0 Å². The van der Waals surface area contributed by atoms with Gasteiger partial charge in [-0.3, -0.25) is 18.2 Å². The lowest BCUT2D eigenvalue weighted by Gasteiger charge is -2.23. The van der Waals surface area contributed by atoms with Gasteiger partial charge in [-0.1, -0.05) is 0 Å². The minimum atomic E-state index is -4.27. The van der Waals surface area contributed by atoms with Crippen LogP contribution in [-0.2, 0) is 25.3 Å². The van der Waals surface area contributed by atoms with Gasteiger partial charge in [-0.25, -0.2) is 29.9 Å². The third-order valence-electron chi connectivity index (χ3n) is 5.62. The second-order valence-corrected chi connectivity index (χ2v) is 9.87. The fourth-order valence-electron chi connectivity index (χ4n) is 3.86. The number of nitrogens with two attached hydrogens (primary N) is 2. The number of imidazole rings is 2. The van der Waals surface area contributed by atoms with E-state index in [2.05, 4.69) is 29.9 Å². The summed E-state index contributed by atoms with van der Waals surface area (Å²) >= 11 is 0. The minimum Gasteiger partial charge on any atom is -0.394 e. The van der Waals surface area contributed by atoms with Gasteiger partial charge < -0.3 is 36.0 Å². The highest BCUT2D eigenvalue weighted by molar-refractivity contribution is 7.52. The highest BCUT2D eigenvalue weighted by atomic mass is 31.2. The second-order valence-electron chi connectivity index (χ2n) is 7.94. The van der Waals surface area contributed by atoms with E-state index < -0.39 is 38.7 Å². The molecule has 0 bridgehead atoms. The van der Waals surface area contributed by atoms with Gasteiger partial charge in [0.15, 0.2) is 29.2 Å². The Morgan fingerprint density at radius 1 is 1.03 bits per heavy atom. The molecule has 4 aromatic heterocycles. The number of hydrogen-bond acceptors (Lipinski definition) is 14. The van der Waals surface area contributed by atoms with Crippen LogP contribution in [0, 0.1) is 0 Å². The van der Waals surface area contributed by atoms with Crippen molar-refractivity contribution in [3.8, 4) is 0 Å². The third kappa shape index (κ3) is 4.48. The summed E-state index contributed by atoms with van der Waals surface area (Å²) < 4.78 is 32.2. The summed E-state index contributed by atoms with van der Waals surface area (Å²) in [5, 5.41) is 20.6. The molecule has 0 aromatic carbocycles. The first-order valence-corrected chi connectivity index (χ1v) is 12.4. The summed E-state index contributed by atoms with van der Waals surface area (Å²) in [6.45, 7) is -0.743. The third-order valence-corrected chi connectivity index (χ3v) is 6.94. The molecule has 1 fully saturated rings. The van der Waals surface area contributed by atoms with E-state index in [1.165, 1.54) is 29.9 Å². The van der Waals surface area contributed by atoms with E-state index in [-0.39, 0.29) is 36.8 Å². The quantitative estimate of drug-likeness (QED) is 0.126. The van der Waals surface area contributed by atoms with Crippen molar-refractivity contribution in [3.05, 3.63) is 25.3 Å². The molecule has 5 atom stereocenters. The number of aliphatic hydroxyl groups excluding tert-OH is 2. The van der Waals surface area contributed by atoms with Crippen molar-refractivity contribution in [1.29, 1.82) is 0 Å². The average molecular weight is 522 g/mol. The molecule has 1 aliphatic rings. The number of nitrogen functional groups attached to an aromatic ring is 2. The molecular weight excluding hydrogens is 499 g/mol. The van der Waals surface area contributed by atoms with E-state index in [0.29, 0.717) is 16.7 Å². The molecule has 36 heavy (non-hydrogen) atoms. The Kier molecular flexibility index (Phi) is 6.52. The lowest BCUT2D eigenvalue weighted by molar-refractivity contribution is -0.0506. The zero-order valence-corrected chi connectivity index (χ0v) is 19.5. The summed E-state index contributed by atoms with van der Waals surface area (Å²) in [6, 6.07) is 0. The molecule has 5 unspecified atom stereocenters. The minimum absolute atomic E-state index is 0.0118. The number of nitrogens with zero attached hydrogens (tertiary/aromatic N) is 8. The largest absolute Gasteiger partial charge is 0.394 e. The van der Waals surface area contributed by atoms with Crippen molar-refractivity contribution >= 4 is 41.6 Å². The summed E-state index contributed by atoms with van der Waals surface area (Å²) in [5.74, 6) is 0.359. The molecule has 0 amide bonds. The van der Waals surface area contributed by atoms with Gasteiger partial charge in [0.25, 0.3) is 0 Å². The first-order valence-electron chi connectivity index (χ1n) is 10.7. The van der Waals surface area contributed by atoms with Crippen molar-refractivity contribution in [3.63, 3.8) is 0 Å². The number of hydrogen-bond donors (Lipinski definition) is 5. The molecule has 4 aromatic rings. The van der Waals surface area contributed by atoms with Gasteiger partial charge in [0.2, 0.25) is 0 Å². The van der Waals surface area contributed by atoms with Gasteiger partial charge in [-0.15, -0.1) is 0 Å². The van der Waals surface area contributed by atoms with Gasteiger partial charge in [-0.2, -0.15) is 0 Å². The topological polar surface area (TPSA) is 245 Å². The number of ether oxygens (including phenoxy) is 2. The molecule has 5 heterocycles. The van der Waals surface area contributed by atoms with Crippen LogP contribution in [-0.4, -0.2) is 91.8 Å². The van der Waals surface area contributed by atoms with Crippen LogP contribution in [0.3, 0.4) is 0 Å². The van der Waals surface area contributed by atoms with Crippen LogP contribution in [0.25, 0.3) is 22.3 Å².